The van der Waals surface area contributed by atoms with Crippen LogP contribution in [0.3, 0.4) is 0 Å². The lowest BCUT2D eigenvalue weighted by Gasteiger charge is -2.20. The van der Waals surface area contributed by atoms with E-state index in [1.54, 1.807) is 11.6 Å². The number of hydrogen-bond acceptors (Lipinski definition) is 4. The standard InChI is InChI=1S/C16H20N4O2/c1-11(18-16-15(20(21)22)17-10-19(16)2)13-8-7-12-5-3-4-6-14(12)9-13/h7-11,18H,3-6H2,1-2H3. The molecule has 1 N–H and O–H groups in total. The zero-order valence-electron chi connectivity index (χ0n) is 12.9. The molecule has 6 heteroatoms. The van der Waals surface area contributed by atoms with Crippen LogP contribution in [0.1, 0.15) is 42.5 Å². The molecule has 1 heterocycles. The van der Waals surface area contributed by atoms with E-state index in [0.29, 0.717) is 5.82 Å². The quantitative estimate of drug-likeness (QED) is 0.694. The second-order valence-electron chi connectivity index (χ2n) is 5.89. The number of nitro groups is 1. The summed E-state index contributed by atoms with van der Waals surface area (Å²) in [4.78, 5) is 14.4. The minimum absolute atomic E-state index is 0.0127. The summed E-state index contributed by atoms with van der Waals surface area (Å²) < 4.78 is 1.65. The van der Waals surface area contributed by atoms with Gasteiger partial charge in [-0.1, -0.05) is 18.2 Å². The lowest BCUT2D eigenvalue weighted by molar-refractivity contribution is -0.388. The second-order valence-corrected chi connectivity index (χ2v) is 5.89. The molecule has 1 aliphatic carbocycles. The molecule has 0 saturated carbocycles. The van der Waals surface area contributed by atoms with Gasteiger partial charge in [0.05, 0.1) is 6.04 Å². The van der Waals surface area contributed by atoms with Gasteiger partial charge in [0.15, 0.2) is 0 Å². The average molecular weight is 300 g/mol. The number of aryl methyl sites for hydroxylation is 3. The molecule has 0 amide bonds. The molecule has 1 unspecified atom stereocenters. The maximum atomic E-state index is 11.0. The number of aromatic nitrogens is 2. The van der Waals surface area contributed by atoms with Gasteiger partial charge in [0.2, 0.25) is 12.1 Å². The number of imidazole rings is 1. The van der Waals surface area contributed by atoms with Gasteiger partial charge in [0.1, 0.15) is 0 Å². The van der Waals surface area contributed by atoms with Gasteiger partial charge in [-0.2, -0.15) is 0 Å². The van der Waals surface area contributed by atoms with Crippen molar-refractivity contribution in [2.24, 2.45) is 7.05 Å². The molecule has 0 aliphatic heterocycles. The van der Waals surface area contributed by atoms with Gasteiger partial charge in [-0.25, -0.2) is 0 Å². The van der Waals surface area contributed by atoms with Crippen molar-refractivity contribution in [1.82, 2.24) is 9.55 Å². The van der Waals surface area contributed by atoms with E-state index < -0.39 is 4.92 Å². The summed E-state index contributed by atoms with van der Waals surface area (Å²) in [6.45, 7) is 2.02. The topological polar surface area (TPSA) is 73.0 Å². The van der Waals surface area contributed by atoms with Crippen LogP contribution in [0.25, 0.3) is 0 Å². The Morgan fingerprint density at radius 2 is 2.05 bits per heavy atom. The van der Waals surface area contributed by atoms with Crippen molar-refractivity contribution in [3.8, 4) is 0 Å². The summed E-state index contributed by atoms with van der Waals surface area (Å²) in [5.74, 6) is 0.308. The highest BCUT2D eigenvalue weighted by atomic mass is 16.6. The highest BCUT2D eigenvalue weighted by Crippen LogP contribution is 2.29. The number of benzene rings is 1. The fraction of sp³-hybridized carbons (Fsp3) is 0.438. The predicted molar refractivity (Wildman–Crippen MR) is 85.0 cm³/mol. The summed E-state index contributed by atoms with van der Waals surface area (Å²) in [5.41, 5.74) is 4.00. The summed E-state index contributed by atoms with van der Waals surface area (Å²) in [6, 6.07) is 6.53. The molecular weight excluding hydrogens is 280 g/mol. The molecular formula is C16H20N4O2. The first kappa shape index (κ1) is 14.6. The lowest BCUT2D eigenvalue weighted by Crippen LogP contribution is -2.12. The zero-order chi connectivity index (χ0) is 15.7. The van der Waals surface area contributed by atoms with E-state index in [1.807, 2.05) is 6.92 Å². The third kappa shape index (κ3) is 2.68. The fourth-order valence-electron chi connectivity index (χ4n) is 3.03. The summed E-state index contributed by atoms with van der Waals surface area (Å²) in [6.07, 6.45) is 6.25. The molecule has 1 aromatic carbocycles. The maximum absolute atomic E-state index is 11.0. The van der Waals surface area contributed by atoms with Crippen molar-refractivity contribution in [2.75, 3.05) is 5.32 Å². The van der Waals surface area contributed by atoms with Crippen molar-refractivity contribution in [3.05, 3.63) is 51.3 Å². The first-order valence-electron chi connectivity index (χ1n) is 7.60. The SMILES string of the molecule is CC(Nc1c([N+](=O)[O-])ncn1C)c1ccc2c(c1)CCCC2. The van der Waals surface area contributed by atoms with Crippen LogP contribution in [0.4, 0.5) is 11.6 Å². The minimum atomic E-state index is -0.456. The number of nitrogens with zero attached hydrogens (tertiary/aromatic N) is 3. The van der Waals surface area contributed by atoms with Gasteiger partial charge in [0.25, 0.3) is 0 Å². The first-order valence-corrected chi connectivity index (χ1v) is 7.60. The van der Waals surface area contributed by atoms with E-state index >= 15 is 0 Å². The van der Waals surface area contributed by atoms with Crippen LogP contribution in [-0.4, -0.2) is 14.5 Å². The molecule has 0 saturated heterocycles. The summed E-state index contributed by atoms with van der Waals surface area (Å²) in [5, 5.41) is 14.3. The van der Waals surface area contributed by atoms with Crippen LogP contribution in [0.5, 0.6) is 0 Å². The van der Waals surface area contributed by atoms with Crippen molar-refractivity contribution in [2.45, 2.75) is 38.6 Å². The van der Waals surface area contributed by atoms with Crippen molar-refractivity contribution >= 4 is 11.6 Å². The normalized spacial score (nSPS) is 15.2. The molecule has 1 aliphatic rings. The minimum Gasteiger partial charge on any atom is -0.358 e. The van der Waals surface area contributed by atoms with Crippen LogP contribution in [-0.2, 0) is 19.9 Å². The van der Waals surface area contributed by atoms with Crippen LogP contribution in [0.2, 0.25) is 0 Å². The van der Waals surface area contributed by atoms with Crippen LogP contribution in [0, 0.1) is 10.1 Å². The van der Waals surface area contributed by atoms with E-state index in [4.69, 9.17) is 0 Å². The molecule has 0 spiro atoms. The Morgan fingerprint density at radius 1 is 1.32 bits per heavy atom. The molecule has 6 nitrogen and oxygen atoms in total. The van der Waals surface area contributed by atoms with Gasteiger partial charge >= 0.3 is 5.82 Å². The van der Waals surface area contributed by atoms with Gasteiger partial charge in [0, 0.05) is 7.05 Å². The molecule has 2 aromatic rings. The Kier molecular flexibility index (Phi) is 3.83. The number of anilines is 1. The number of fused-ring (bicyclic) bond motifs is 1. The van der Waals surface area contributed by atoms with Gasteiger partial charge in [-0.15, -0.1) is 0 Å². The predicted octanol–water partition coefficient (Wildman–Crippen LogP) is 3.38. The Bertz CT molecular complexity index is 708. The molecule has 1 atom stereocenters. The monoisotopic (exact) mass is 300 g/mol. The molecule has 1 aromatic heterocycles. The molecule has 116 valence electrons. The maximum Gasteiger partial charge on any atom is 0.406 e. The average Bonchev–Trinajstić information content (AvgIpc) is 2.88. The highest BCUT2D eigenvalue weighted by Gasteiger charge is 2.22. The van der Waals surface area contributed by atoms with E-state index in [1.165, 1.54) is 30.3 Å². The Labute approximate surface area is 129 Å². The van der Waals surface area contributed by atoms with Crippen molar-refractivity contribution in [1.29, 1.82) is 0 Å². The second kappa shape index (κ2) is 5.79. The van der Waals surface area contributed by atoms with Gasteiger partial charge in [-0.3, -0.25) is 4.57 Å². The van der Waals surface area contributed by atoms with Crippen molar-refractivity contribution in [3.63, 3.8) is 0 Å². The largest absolute Gasteiger partial charge is 0.406 e. The fourth-order valence-corrected chi connectivity index (χ4v) is 3.03. The van der Waals surface area contributed by atoms with Crippen LogP contribution >= 0.6 is 0 Å². The van der Waals surface area contributed by atoms with E-state index in [2.05, 4.69) is 28.5 Å². The Balaban J connectivity index is 1.84. The summed E-state index contributed by atoms with van der Waals surface area (Å²) >= 11 is 0. The van der Waals surface area contributed by atoms with E-state index in [9.17, 15) is 10.1 Å². The third-order valence-corrected chi connectivity index (χ3v) is 4.32. The van der Waals surface area contributed by atoms with Gasteiger partial charge in [-0.05, 0) is 59.2 Å². The van der Waals surface area contributed by atoms with Crippen LogP contribution in [0.15, 0.2) is 24.5 Å². The van der Waals surface area contributed by atoms with E-state index in [0.717, 1.165) is 18.4 Å². The summed E-state index contributed by atoms with van der Waals surface area (Å²) in [7, 11) is 1.75. The number of nitrogens with one attached hydrogen (secondary N) is 1. The molecule has 0 bridgehead atoms. The number of rotatable bonds is 4. The van der Waals surface area contributed by atoms with Gasteiger partial charge < -0.3 is 15.4 Å². The third-order valence-electron chi connectivity index (χ3n) is 4.32. The highest BCUT2D eigenvalue weighted by molar-refractivity contribution is 5.53. The molecule has 0 radical (unpaired) electrons. The molecule has 0 fully saturated rings. The van der Waals surface area contributed by atoms with Crippen molar-refractivity contribution < 1.29 is 4.92 Å². The van der Waals surface area contributed by atoms with Crippen LogP contribution < -0.4 is 5.32 Å². The zero-order valence-corrected chi connectivity index (χ0v) is 12.9. The smallest absolute Gasteiger partial charge is 0.358 e. The Hall–Kier alpha value is -2.37. The lowest BCUT2D eigenvalue weighted by atomic mass is 9.89. The number of hydrogen-bond donors (Lipinski definition) is 1. The first-order chi connectivity index (χ1) is 10.6. The molecule has 3 rings (SSSR count). The molecule has 22 heavy (non-hydrogen) atoms. The van der Waals surface area contributed by atoms with E-state index in [-0.39, 0.29) is 11.9 Å². The Morgan fingerprint density at radius 3 is 2.77 bits per heavy atom.